The Morgan fingerprint density at radius 1 is 1.39 bits per heavy atom. The molecule has 3 rings (SSSR count). The van der Waals surface area contributed by atoms with Gasteiger partial charge < -0.3 is 10.5 Å². The van der Waals surface area contributed by atoms with Crippen LogP contribution < -0.4 is 5.73 Å². The van der Waals surface area contributed by atoms with Gasteiger partial charge in [0, 0.05) is 12.2 Å². The van der Waals surface area contributed by atoms with Crippen molar-refractivity contribution in [3.8, 4) is 0 Å². The Balaban J connectivity index is 2.15. The summed E-state index contributed by atoms with van der Waals surface area (Å²) >= 11 is 0. The molecule has 1 aromatic carbocycles. The average Bonchev–Trinajstić information content (AvgIpc) is 2.79. The smallest absolute Gasteiger partial charge is 0.259 e. The topological polar surface area (TPSA) is 81.8 Å². The molecule has 0 bridgehead atoms. The summed E-state index contributed by atoms with van der Waals surface area (Å²) in [6.45, 7) is 0.740. The van der Waals surface area contributed by atoms with Gasteiger partial charge >= 0.3 is 0 Å². The molecule has 0 aliphatic carbocycles. The van der Waals surface area contributed by atoms with Gasteiger partial charge in [0.05, 0.1) is 11.9 Å². The van der Waals surface area contributed by atoms with Crippen LogP contribution in [0.4, 0.5) is 0 Å². The summed E-state index contributed by atoms with van der Waals surface area (Å²) in [7, 11) is -3.46. The first-order valence-electron chi connectivity index (χ1n) is 5.89. The molecule has 6 heteroatoms. The van der Waals surface area contributed by atoms with Crippen LogP contribution >= 0.6 is 0 Å². The summed E-state index contributed by atoms with van der Waals surface area (Å²) in [6, 6.07) is 5.58. The first kappa shape index (κ1) is 11.7. The molecule has 2 N–H and O–H groups in total. The highest BCUT2D eigenvalue weighted by molar-refractivity contribution is 7.89. The summed E-state index contributed by atoms with van der Waals surface area (Å²) in [6.07, 6.45) is 1.97. The maximum Gasteiger partial charge on any atom is 0.259 e. The Labute approximate surface area is 106 Å². The Bertz CT molecular complexity index is 616. The van der Waals surface area contributed by atoms with Crippen molar-refractivity contribution in [1.29, 1.82) is 0 Å². The molecule has 0 amide bonds. The standard InChI is InChI=1S/C12H14N2O3S/c13-12-11-8(7-18(15,16)14-12)3-1-4-9(11)10-5-2-6-17-10/h1,3-4,10H,2,5-7H2,(H2,13,14). The summed E-state index contributed by atoms with van der Waals surface area (Å²) in [5.74, 6) is 0.00574. The molecule has 2 heterocycles. The Morgan fingerprint density at radius 2 is 2.22 bits per heavy atom. The van der Waals surface area contributed by atoms with Crippen LogP contribution in [0.2, 0.25) is 0 Å². The number of nitrogens with two attached hydrogens (primary N) is 1. The van der Waals surface area contributed by atoms with Gasteiger partial charge in [0.25, 0.3) is 10.0 Å². The van der Waals surface area contributed by atoms with E-state index in [1.54, 1.807) is 6.07 Å². The third-order valence-electron chi connectivity index (χ3n) is 3.29. The monoisotopic (exact) mass is 266 g/mol. The molecule has 1 unspecified atom stereocenters. The van der Waals surface area contributed by atoms with E-state index >= 15 is 0 Å². The quantitative estimate of drug-likeness (QED) is 0.824. The zero-order chi connectivity index (χ0) is 12.8. The molecule has 18 heavy (non-hydrogen) atoms. The number of hydrogen-bond acceptors (Lipinski definition) is 4. The zero-order valence-corrected chi connectivity index (χ0v) is 10.6. The fourth-order valence-electron chi connectivity index (χ4n) is 2.57. The summed E-state index contributed by atoms with van der Waals surface area (Å²) < 4.78 is 32.4. The third kappa shape index (κ3) is 1.91. The van der Waals surface area contributed by atoms with E-state index < -0.39 is 10.0 Å². The van der Waals surface area contributed by atoms with Gasteiger partial charge in [-0.1, -0.05) is 18.2 Å². The molecule has 2 aliphatic heterocycles. The number of hydrogen-bond donors (Lipinski definition) is 1. The summed E-state index contributed by atoms with van der Waals surface area (Å²) in [5, 5.41) is 0. The van der Waals surface area contributed by atoms with Crippen LogP contribution in [0.5, 0.6) is 0 Å². The van der Waals surface area contributed by atoms with Gasteiger partial charge in [0.2, 0.25) is 0 Å². The second-order valence-electron chi connectivity index (χ2n) is 4.59. The molecule has 0 radical (unpaired) electrons. The van der Waals surface area contributed by atoms with Crippen molar-refractivity contribution in [2.24, 2.45) is 10.1 Å². The van der Waals surface area contributed by atoms with Crippen LogP contribution in [0.3, 0.4) is 0 Å². The van der Waals surface area contributed by atoms with E-state index in [4.69, 9.17) is 10.5 Å². The van der Waals surface area contributed by atoms with E-state index in [0.717, 1.165) is 36.1 Å². The Kier molecular flexibility index (Phi) is 2.64. The van der Waals surface area contributed by atoms with Gasteiger partial charge in [0.1, 0.15) is 5.84 Å². The maximum absolute atomic E-state index is 11.6. The van der Waals surface area contributed by atoms with Crippen LogP contribution in [-0.2, 0) is 20.5 Å². The van der Waals surface area contributed by atoms with Gasteiger partial charge in [0.15, 0.2) is 0 Å². The zero-order valence-electron chi connectivity index (χ0n) is 9.80. The first-order valence-corrected chi connectivity index (χ1v) is 7.49. The van der Waals surface area contributed by atoms with Crippen LogP contribution in [0.15, 0.2) is 22.6 Å². The molecule has 96 valence electrons. The van der Waals surface area contributed by atoms with Crippen LogP contribution in [0, 0.1) is 0 Å². The number of rotatable bonds is 1. The highest BCUT2D eigenvalue weighted by Gasteiger charge is 2.28. The van der Waals surface area contributed by atoms with Crippen LogP contribution in [0.1, 0.15) is 35.6 Å². The van der Waals surface area contributed by atoms with Gasteiger partial charge in [-0.25, -0.2) is 8.42 Å². The molecule has 0 aromatic heterocycles. The molecule has 5 nitrogen and oxygen atoms in total. The SMILES string of the molecule is NC1=NS(=O)(=O)Cc2cccc(C3CCCO3)c21. The number of amidine groups is 1. The average molecular weight is 266 g/mol. The van der Waals surface area contributed by atoms with Crippen molar-refractivity contribution in [3.63, 3.8) is 0 Å². The predicted octanol–water partition coefficient (Wildman–Crippen LogP) is 1.09. The minimum Gasteiger partial charge on any atom is -0.383 e. The van der Waals surface area contributed by atoms with Crippen LogP contribution in [0.25, 0.3) is 0 Å². The number of nitrogens with zero attached hydrogens (tertiary/aromatic N) is 1. The molecule has 0 spiro atoms. The lowest BCUT2D eigenvalue weighted by Crippen LogP contribution is -2.26. The molecular weight excluding hydrogens is 252 g/mol. The fraction of sp³-hybridized carbons (Fsp3) is 0.417. The molecule has 1 fully saturated rings. The van der Waals surface area contributed by atoms with Crippen molar-refractivity contribution in [1.82, 2.24) is 0 Å². The number of fused-ring (bicyclic) bond motifs is 1. The summed E-state index contributed by atoms with van der Waals surface area (Å²) in [4.78, 5) is 0. The fourth-order valence-corrected chi connectivity index (χ4v) is 3.66. The van der Waals surface area contributed by atoms with Crippen molar-refractivity contribution in [2.45, 2.75) is 24.7 Å². The number of ether oxygens (including phenoxy) is 1. The van der Waals surface area contributed by atoms with E-state index in [1.165, 1.54) is 0 Å². The van der Waals surface area contributed by atoms with E-state index in [2.05, 4.69) is 4.40 Å². The van der Waals surface area contributed by atoms with E-state index in [0.29, 0.717) is 0 Å². The van der Waals surface area contributed by atoms with Gasteiger partial charge in [-0.05, 0) is 24.0 Å². The largest absolute Gasteiger partial charge is 0.383 e. The lowest BCUT2D eigenvalue weighted by atomic mass is 9.95. The van der Waals surface area contributed by atoms with Gasteiger partial charge in [-0.15, -0.1) is 4.40 Å². The van der Waals surface area contributed by atoms with Gasteiger partial charge in [-0.2, -0.15) is 0 Å². The second kappa shape index (κ2) is 4.07. The Hall–Kier alpha value is -1.40. The number of benzene rings is 1. The van der Waals surface area contributed by atoms with E-state index in [1.807, 2.05) is 12.1 Å². The van der Waals surface area contributed by atoms with Crippen molar-refractivity contribution in [3.05, 3.63) is 34.9 Å². The Morgan fingerprint density at radius 3 is 2.94 bits per heavy atom. The van der Waals surface area contributed by atoms with Gasteiger partial charge in [-0.3, -0.25) is 0 Å². The molecule has 1 aromatic rings. The van der Waals surface area contributed by atoms with Crippen molar-refractivity contribution in [2.75, 3.05) is 6.61 Å². The molecule has 2 aliphatic rings. The minimum atomic E-state index is -3.46. The molecule has 0 saturated carbocycles. The van der Waals surface area contributed by atoms with Crippen LogP contribution in [-0.4, -0.2) is 20.9 Å². The number of sulfonamides is 1. The van der Waals surface area contributed by atoms with E-state index in [-0.39, 0.29) is 17.7 Å². The third-order valence-corrected chi connectivity index (χ3v) is 4.44. The molecular formula is C12H14N2O3S. The highest BCUT2D eigenvalue weighted by atomic mass is 32.2. The lowest BCUT2D eigenvalue weighted by molar-refractivity contribution is 0.112. The maximum atomic E-state index is 11.6. The molecule has 1 atom stereocenters. The van der Waals surface area contributed by atoms with Crippen molar-refractivity contribution < 1.29 is 13.2 Å². The first-order chi connectivity index (χ1) is 8.57. The predicted molar refractivity (Wildman–Crippen MR) is 67.7 cm³/mol. The van der Waals surface area contributed by atoms with Crippen molar-refractivity contribution >= 4 is 15.9 Å². The summed E-state index contributed by atoms with van der Waals surface area (Å²) in [5.41, 5.74) is 8.23. The minimum absolute atomic E-state index is 0.00880. The lowest BCUT2D eigenvalue weighted by Gasteiger charge is -2.20. The normalized spacial score (nSPS) is 25.6. The second-order valence-corrected chi connectivity index (χ2v) is 6.22. The van der Waals surface area contributed by atoms with E-state index in [9.17, 15) is 8.42 Å². The highest BCUT2D eigenvalue weighted by Crippen LogP contribution is 2.34. The molecule has 1 saturated heterocycles.